The Morgan fingerprint density at radius 2 is 1.75 bits per heavy atom. The minimum Gasteiger partial charge on any atom is -0.282 e. The van der Waals surface area contributed by atoms with Crippen molar-refractivity contribution in [3.8, 4) is 0 Å². The Kier molecular flexibility index (Phi) is 5.05. The Labute approximate surface area is 144 Å². The smallest absolute Gasteiger partial charge is 0.282 e. The average Bonchev–Trinajstić information content (AvgIpc) is 2.46. The van der Waals surface area contributed by atoms with E-state index in [4.69, 9.17) is 0 Å². The third-order valence-corrected chi connectivity index (χ3v) is 5.52. The quantitative estimate of drug-likeness (QED) is 0.607. The minimum atomic E-state index is -4.33. The molecule has 1 atom stereocenters. The second-order valence-corrected chi connectivity index (χ2v) is 7.97. The van der Waals surface area contributed by atoms with Gasteiger partial charge in [0.2, 0.25) is 0 Å². The maximum Gasteiger partial charge on any atom is 0.294 e. The molecule has 0 aliphatic carbocycles. The van der Waals surface area contributed by atoms with E-state index < -0.39 is 10.1 Å². The molecule has 0 saturated carbocycles. The van der Waals surface area contributed by atoms with Gasteiger partial charge in [-0.25, -0.2) is 0 Å². The number of benzene rings is 2. The lowest BCUT2D eigenvalue weighted by atomic mass is 9.87. The molecular weight excluding hydrogens is 320 g/mol. The van der Waals surface area contributed by atoms with Crippen LogP contribution >= 0.6 is 0 Å². The molecule has 2 rings (SSSR count). The highest BCUT2D eigenvalue weighted by atomic mass is 32.2. The summed E-state index contributed by atoms with van der Waals surface area (Å²) in [5.41, 5.74) is 6.38. The second-order valence-electron chi connectivity index (χ2n) is 6.58. The van der Waals surface area contributed by atoms with Crippen molar-refractivity contribution in [2.75, 3.05) is 0 Å². The zero-order chi connectivity index (χ0) is 18.2. The van der Waals surface area contributed by atoms with Crippen LogP contribution < -0.4 is 0 Å². The average molecular weight is 344 g/mol. The first-order valence-corrected chi connectivity index (χ1v) is 9.43. The van der Waals surface area contributed by atoms with E-state index in [9.17, 15) is 13.0 Å². The third-order valence-electron chi connectivity index (χ3n) is 4.63. The zero-order valence-corrected chi connectivity index (χ0v) is 15.7. The van der Waals surface area contributed by atoms with E-state index in [0.29, 0.717) is 11.5 Å². The van der Waals surface area contributed by atoms with Gasteiger partial charge in [-0.3, -0.25) is 4.55 Å². The van der Waals surface area contributed by atoms with Crippen LogP contribution in [0.5, 0.6) is 0 Å². The molecule has 2 aromatic carbocycles. The van der Waals surface area contributed by atoms with Gasteiger partial charge >= 0.3 is 0 Å². The summed E-state index contributed by atoms with van der Waals surface area (Å²) in [7, 11) is -4.33. The maximum atomic E-state index is 12.0. The molecule has 1 unspecified atom stereocenters. The molecular formula is C20H24O3S. The highest BCUT2D eigenvalue weighted by Crippen LogP contribution is 2.37. The molecule has 0 heterocycles. The molecule has 0 saturated heterocycles. The number of allylic oxidation sites excluding steroid dienone is 1. The van der Waals surface area contributed by atoms with Gasteiger partial charge in [0.15, 0.2) is 0 Å². The van der Waals surface area contributed by atoms with Gasteiger partial charge in [0.1, 0.15) is 0 Å². The molecule has 128 valence electrons. The Bertz CT molecular complexity index is 947. The number of hydrogen-bond acceptors (Lipinski definition) is 2. The zero-order valence-electron chi connectivity index (χ0n) is 14.8. The van der Waals surface area contributed by atoms with Gasteiger partial charge in [0.25, 0.3) is 10.1 Å². The number of hydrogen-bond donors (Lipinski definition) is 1. The molecule has 0 spiro atoms. The fourth-order valence-electron chi connectivity index (χ4n) is 3.46. The predicted molar refractivity (Wildman–Crippen MR) is 99.5 cm³/mol. The summed E-state index contributed by atoms with van der Waals surface area (Å²) in [5.74, 6) is 0.125. The lowest BCUT2D eigenvalue weighted by Crippen LogP contribution is -2.08. The van der Waals surface area contributed by atoms with Crippen molar-refractivity contribution in [1.82, 2.24) is 0 Å². The Balaban J connectivity index is 3.01. The van der Waals surface area contributed by atoms with Crippen molar-refractivity contribution in [2.24, 2.45) is 0 Å². The summed E-state index contributed by atoms with van der Waals surface area (Å²) in [6.07, 6.45) is 1.71. The van der Waals surface area contributed by atoms with Crippen LogP contribution in [0.15, 0.2) is 41.5 Å². The van der Waals surface area contributed by atoms with Crippen LogP contribution in [-0.4, -0.2) is 13.0 Å². The summed E-state index contributed by atoms with van der Waals surface area (Å²) in [6, 6.07) is 5.73. The van der Waals surface area contributed by atoms with Gasteiger partial charge in [-0.15, -0.1) is 5.73 Å². The van der Waals surface area contributed by atoms with Crippen molar-refractivity contribution in [3.63, 3.8) is 0 Å². The summed E-state index contributed by atoms with van der Waals surface area (Å²) in [4.78, 5) is -0.0319. The van der Waals surface area contributed by atoms with Crippen LogP contribution in [0.4, 0.5) is 0 Å². The van der Waals surface area contributed by atoms with E-state index in [1.54, 1.807) is 12.1 Å². The number of fused-ring (bicyclic) bond motifs is 1. The topological polar surface area (TPSA) is 54.4 Å². The fraction of sp³-hybridized carbons (Fsp3) is 0.350. The molecule has 0 aliphatic heterocycles. The number of aryl methyl sites for hydroxylation is 2. The van der Waals surface area contributed by atoms with Crippen LogP contribution in [0, 0.1) is 13.8 Å². The highest BCUT2D eigenvalue weighted by Gasteiger charge is 2.23. The standard InChI is InChI=1S/C20H24O3S/c1-7-8-13(4)20-15(6)17-10-9-16(12(2)3)14(5)18(17)11-19(20)24(21,22)23/h8-13H,1H2,2-6H3,(H,21,22,23). The molecule has 1 N–H and O–H groups in total. The minimum absolute atomic E-state index is 0.0319. The molecule has 4 heteroatoms. The molecule has 0 aromatic heterocycles. The molecule has 0 radical (unpaired) electrons. The Morgan fingerprint density at radius 3 is 2.25 bits per heavy atom. The van der Waals surface area contributed by atoms with E-state index in [0.717, 1.165) is 21.9 Å². The lowest BCUT2D eigenvalue weighted by Gasteiger charge is -2.20. The first-order valence-electron chi connectivity index (χ1n) is 7.99. The van der Waals surface area contributed by atoms with Crippen molar-refractivity contribution in [2.45, 2.75) is 51.3 Å². The number of rotatable bonds is 4. The summed E-state index contributed by atoms with van der Waals surface area (Å²) < 4.78 is 33.8. The van der Waals surface area contributed by atoms with Crippen LogP contribution in [0.3, 0.4) is 0 Å². The van der Waals surface area contributed by atoms with Crippen LogP contribution in [0.1, 0.15) is 54.9 Å². The van der Waals surface area contributed by atoms with Crippen LogP contribution in [0.2, 0.25) is 0 Å². The molecule has 2 aromatic rings. The molecule has 0 bridgehead atoms. The predicted octanol–water partition coefficient (Wildman–Crippen LogP) is 5.27. The van der Waals surface area contributed by atoms with Crippen molar-refractivity contribution < 1.29 is 13.0 Å². The van der Waals surface area contributed by atoms with Crippen molar-refractivity contribution >= 4 is 20.9 Å². The maximum absolute atomic E-state index is 12.0. The van der Waals surface area contributed by atoms with Gasteiger partial charge < -0.3 is 0 Å². The third kappa shape index (κ3) is 3.18. The van der Waals surface area contributed by atoms with Gasteiger partial charge in [-0.1, -0.05) is 39.5 Å². The first kappa shape index (κ1) is 18.5. The highest BCUT2D eigenvalue weighted by molar-refractivity contribution is 7.85. The summed E-state index contributed by atoms with van der Waals surface area (Å²) in [6.45, 7) is 13.5. The van der Waals surface area contributed by atoms with Gasteiger partial charge in [0, 0.05) is 5.92 Å². The van der Waals surface area contributed by atoms with Gasteiger partial charge in [-0.2, -0.15) is 8.42 Å². The van der Waals surface area contributed by atoms with E-state index in [1.807, 2.05) is 26.8 Å². The van der Waals surface area contributed by atoms with E-state index >= 15 is 0 Å². The SMILES string of the molecule is C=C=CC(C)c1c(S(=O)(=O)O)cc2c(C)c(C(C)C)ccc2c1C. The molecule has 0 amide bonds. The van der Waals surface area contributed by atoms with Gasteiger partial charge in [-0.05, 0) is 64.9 Å². The molecule has 24 heavy (non-hydrogen) atoms. The largest absolute Gasteiger partial charge is 0.294 e. The second kappa shape index (κ2) is 6.56. The normalized spacial score (nSPS) is 13.1. The first-order chi connectivity index (χ1) is 11.1. The van der Waals surface area contributed by atoms with E-state index in [2.05, 4.69) is 32.2 Å². The molecule has 3 nitrogen and oxygen atoms in total. The van der Waals surface area contributed by atoms with Crippen molar-refractivity contribution in [1.29, 1.82) is 0 Å². The fourth-order valence-corrected chi connectivity index (χ4v) is 4.35. The Hall–Kier alpha value is -1.87. The van der Waals surface area contributed by atoms with Gasteiger partial charge in [0.05, 0.1) is 4.90 Å². The summed E-state index contributed by atoms with van der Waals surface area (Å²) >= 11 is 0. The van der Waals surface area contributed by atoms with E-state index in [-0.39, 0.29) is 10.8 Å². The lowest BCUT2D eigenvalue weighted by molar-refractivity contribution is 0.481. The van der Waals surface area contributed by atoms with Crippen LogP contribution in [-0.2, 0) is 10.1 Å². The van der Waals surface area contributed by atoms with E-state index in [1.165, 1.54) is 5.56 Å². The van der Waals surface area contributed by atoms with Crippen molar-refractivity contribution in [3.05, 3.63) is 58.8 Å². The Morgan fingerprint density at radius 1 is 1.12 bits per heavy atom. The molecule has 0 aliphatic rings. The van der Waals surface area contributed by atoms with Crippen LogP contribution in [0.25, 0.3) is 10.8 Å². The molecule has 0 fully saturated rings. The summed E-state index contributed by atoms with van der Waals surface area (Å²) in [5, 5.41) is 1.87. The monoisotopic (exact) mass is 344 g/mol.